The summed E-state index contributed by atoms with van der Waals surface area (Å²) in [6.07, 6.45) is 17.1. The van der Waals surface area contributed by atoms with Gasteiger partial charge in [0.15, 0.2) is 36.9 Å². The van der Waals surface area contributed by atoms with Gasteiger partial charge in [-0.2, -0.15) is 0 Å². The summed E-state index contributed by atoms with van der Waals surface area (Å²) in [5.41, 5.74) is 4.09. The highest BCUT2D eigenvalue weighted by molar-refractivity contribution is 5.70. The van der Waals surface area contributed by atoms with Gasteiger partial charge in [-0.05, 0) is 60.4 Å². The summed E-state index contributed by atoms with van der Waals surface area (Å²) in [6, 6.07) is 21.8. The SMILES string of the molecule is CC(CC(C)[n+]1ccc(/C=C/c2ccc([N+](=O)[O-])cc2)cc1)[n+]1ccc(/C=C/c2ccc([N+](=O)[O-])cc2)cc1. The molecule has 4 aromatic rings. The van der Waals surface area contributed by atoms with Crippen molar-refractivity contribution in [3.8, 4) is 0 Å². The smallest absolute Gasteiger partial charge is 0.258 e. The molecule has 2 atom stereocenters. The molecule has 2 heterocycles. The number of pyridine rings is 2. The fourth-order valence-electron chi connectivity index (χ4n) is 4.25. The van der Waals surface area contributed by atoms with E-state index in [1.165, 1.54) is 24.3 Å². The molecule has 0 saturated carbocycles. The molecule has 0 aliphatic rings. The minimum atomic E-state index is -0.400. The molecular weight excluding hydrogens is 492 g/mol. The lowest BCUT2D eigenvalue weighted by Crippen LogP contribution is -2.43. The summed E-state index contributed by atoms with van der Waals surface area (Å²) in [5, 5.41) is 21.6. The van der Waals surface area contributed by atoms with Crippen LogP contribution in [0.4, 0.5) is 11.4 Å². The maximum Gasteiger partial charge on any atom is 0.269 e. The van der Waals surface area contributed by atoms with Crippen LogP contribution in [-0.4, -0.2) is 9.85 Å². The highest BCUT2D eigenvalue weighted by Crippen LogP contribution is 2.17. The summed E-state index contributed by atoms with van der Waals surface area (Å²) in [5.74, 6) is 0. The molecule has 0 radical (unpaired) electrons. The highest BCUT2D eigenvalue weighted by Gasteiger charge is 2.21. The van der Waals surface area contributed by atoms with Crippen molar-refractivity contribution in [2.24, 2.45) is 0 Å². The van der Waals surface area contributed by atoms with Gasteiger partial charge in [-0.3, -0.25) is 20.2 Å². The van der Waals surface area contributed by atoms with E-state index in [1.807, 2.05) is 24.3 Å². The molecule has 0 amide bonds. The zero-order chi connectivity index (χ0) is 27.8. The fourth-order valence-corrected chi connectivity index (χ4v) is 4.25. The van der Waals surface area contributed by atoms with E-state index in [2.05, 4.69) is 72.0 Å². The van der Waals surface area contributed by atoms with Crippen LogP contribution in [0.2, 0.25) is 0 Å². The molecule has 8 nitrogen and oxygen atoms in total. The Balaban J connectivity index is 1.31. The Labute approximate surface area is 227 Å². The minimum absolute atomic E-state index is 0.0849. The molecular formula is C31H30N4O4+2. The Hall–Kier alpha value is -4.98. The van der Waals surface area contributed by atoms with E-state index in [0.717, 1.165) is 28.7 Å². The molecule has 8 heteroatoms. The molecule has 4 rings (SSSR count). The number of benzene rings is 2. The molecule has 0 fully saturated rings. The van der Waals surface area contributed by atoms with Crippen LogP contribution in [-0.2, 0) is 0 Å². The first kappa shape index (κ1) is 27.1. The van der Waals surface area contributed by atoms with Crippen LogP contribution in [0.5, 0.6) is 0 Å². The minimum Gasteiger partial charge on any atom is -0.258 e. The van der Waals surface area contributed by atoms with Gasteiger partial charge in [0.25, 0.3) is 11.4 Å². The molecule has 2 aromatic heterocycles. The third-order valence-corrected chi connectivity index (χ3v) is 6.60. The Bertz CT molecular complexity index is 1360. The van der Waals surface area contributed by atoms with Gasteiger partial charge in [0.05, 0.1) is 16.3 Å². The lowest BCUT2D eigenvalue weighted by Gasteiger charge is -2.11. The quantitative estimate of drug-likeness (QED) is 0.133. The van der Waals surface area contributed by atoms with E-state index in [-0.39, 0.29) is 11.4 Å². The molecule has 39 heavy (non-hydrogen) atoms. The van der Waals surface area contributed by atoms with E-state index in [9.17, 15) is 20.2 Å². The first-order chi connectivity index (χ1) is 18.8. The number of nitro benzene ring substituents is 2. The third-order valence-electron chi connectivity index (χ3n) is 6.60. The van der Waals surface area contributed by atoms with E-state index < -0.39 is 9.85 Å². The predicted octanol–water partition coefficient (Wildman–Crippen LogP) is 6.63. The maximum atomic E-state index is 10.8. The van der Waals surface area contributed by atoms with Crippen LogP contribution in [0.1, 0.15) is 54.6 Å². The lowest BCUT2D eigenvalue weighted by atomic mass is 10.1. The van der Waals surface area contributed by atoms with Crippen LogP contribution < -0.4 is 9.13 Å². The number of nitro groups is 2. The molecule has 0 aliphatic heterocycles. The van der Waals surface area contributed by atoms with Gasteiger partial charge in [0.1, 0.15) is 0 Å². The average Bonchev–Trinajstić information content (AvgIpc) is 2.96. The fraction of sp³-hybridized carbons (Fsp3) is 0.161. The second-order valence-corrected chi connectivity index (χ2v) is 9.46. The van der Waals surface area contributed by atoms with E-state index >= 15 is 0 Å². The first-order valence-corrected chi connectivity index (χ1v) is 12.7. The van der Waals surface area contributed by atoms with Crippen molar-refractivity contribution in [1.29, 1.82) is 0 Å². The van der Waals surface area contributed by atoms with Crippen LogP contribution in [0.15, 0.2) is 97.6 Å². The standard InChI is InChI=1S/C31H30N4O4/c1-24(32-19-15-28(16-20-32)5-3-26-7-11-30(12-8-26)34(36)37)23-25(2)33-21-17-29(18-22-33)6-4-27-9-13-31(14-10-27)35(38)39/h3-22,24-25H,23H2,1-2H3/q+2/b5-3+,6-4+. The lowest BCUT2D eigenvalue weighted by molar-refractivity contribution is -0.753. The molecule has 2 unspecified atom stereocenters. The van der Waals surface area contributed by atoms with Gasteiger partial charge in [0, 0.05) is 48.5 Å². The van der Waals surface area contributed by atoms with Crippen molar-refractivity contribution >= 4 is 35.7 Å². The van der Waals surface area contributed by atoms with Crippen LogP contribution >= 0.6 is 0 Å². The highest BCUT2D eigenvalue weighted by atomic mass is 16.6. The normalized spacial score (nSPS) is 13.0. The van der Waals surface area contributed by atoms with E-state index in [1.54, 1.807) is 24.3 Å². The molecule has 0 bridgehead atoms. The summed E-state index contributed by atoms with van der Waals surface area (Å²) in [6.45, 7) is 4.40. The van der Waals surface area contributed by atoms with Crippen LogP contribution in [0, 0.1) is 20.2 Å². The monoisotopic (exact) mass is 522 g/mol. The van der Waals surface area contributed by atoms with Gasteiger partial charge < -0.3 is 0 Å². The van der Waals surface area contributed by atoms with Gasteiger partial charge in [-0.1, -0.05) is 24.3 Å². The average molecular weight is 523 g/mol. The largest absolute Gasteiger partial charge is 0.269 e. The Morgan fingerprint density at radius 1 is 0.564 bits per heavy atom. The third kappa shape index (κ3) is 7.52. The number of rotatable bonds is 10. The van der Waals surface area contributed by atoms with Gasteiger partial charge in [-0.25, -0.2) is 9.13 Å². The summed E-state index contributed by atoms with van der Waals surface area (Å²) in [7, 11) is 0. The Morgan fingerprint density at radius 2 is 0.846 bits per heavy atom. The second-order valence-electron chi connectivity index (χ2n) is 9.46. The van der Waals surface area contributed by atoms with Crippen molar-refractivity contribution in [1.82, 2.24) is 0 Å². The van der Waals surface area contributed by atoms with Crippen molar-refractivity contribution in [2.75, 3.05) is 0 Å². The number of hydrogen-bond donors (Lipinski definition) is 0. The van der Waals surface area contributed by atoms with Gasteiger partial charge in [0.2, 0.25) is 0 Å². The predicted molar refractivity (Wildman–Crippen MR) is 151 cm³/mol. The second kappa shape index (κ2) is 12.5. The number of non-ortho nitro benzene ring substituents is 2. The molecule has 0 saturated heterocycles. The van der Waals surface area contributed by atoms with Crippen LogP contribution in [0.25, 0.3) is 24.3 Å². The summed E-state index contributed by atoms with van der Waals surface area (Å²) < 4.78 is 4.39. The van der Waals surface area contributed by atoms with Crippen LogP contribution in [0.3, 0.4) is 0 Å². The van der Waals surface area contributed by atoms with Gasteiger partial charge >= 0.3 is 0 Å². The topological polar surface area (TPSA) is 94.0 Å². The van der Waals surface area contributed by atoms with Crippen molar-refractivity contribution in [3.05, 3.63) is 140 Å². The maximum absolute atomic E-state index is 10.8. The van der Waals surface area contributed by atoms with E-state index in [4.69, 9.17) is 0 Å². The number of aromatic nitrogens is 2. The molecule has 196 valence electrons. The first-order valence-electron chi connectivity index (χ1n) is 12.7. The molecule has 2 aromatic carbocycles. The van der Waals surface area contributed by atoms with Crippen molar-refractivity contribution < 1.29 is 19.0 Å². The van der Waals surface area contributed by atoms with Gasteiger partial charge in [-0.15, -0.1) is 0 Å². The number of hydrogen-bond acceptors (Lipinski definition) is 4. The zero-order valence-electron chi connectivity index (χ0n) is 21.8. The van der Waals surface area contributed by atoms with Crippen molar-refractivity contribution in [3.63, 3.8) is 0 Å². The Morgan fingerprint density at radius 3 is 1.13 bits per heavy atom. The Kier molecular flexibility index (Phi) is 8.68. The van der Waals surface area contributed by atoms with E-state index in [0.29, 0.717) is 12.1 Å². The number of nitrogens with zero attached hydrogens (tertiary/aromatic N) is 4. The summed E-state index contributed by atoms with van der Waals surface area (Å²) >= 11 is 0. The zero-order valence-corrected chi connectivity index (χ0v) is 21.8. The molecule has 0 spiro atoms. The summed E-state index contributed by atoms with van der Waals surface area (Å²) in [4.78, 5) is 20.8. The molecule has 0 aliphatic carbocycles. The van der Waals surface area contributed by atoms with Crippen molar-refractivity contribution in [2.45, 2.75) is 32.4 Å². The molecule has 0 N–H and O–H groups in total.